The number of carbonyl (C=O) groups is 1. The molecule has 15 heavy (non-hydrogen) atoms. The standard InChI is InChI=1S/C12H17NOS/c1-2-10-6-3-4-8-13(10)12(14)11-7-5-9-15-11/h5,7,9-10H,2-4,6,8H2,1H3. The fourth-order valence-electron chi connectivity index (χ4n) is 2.23. The molecular weight excluding hydrogens is 206 g/mol. The Hall–Kier alpha value is -0.830. The molecule has 1 amide bonds. The van der Waals surface area contributed by atoms with Gasteiger partial charge in [-0.1, -0.05) is 13.0 Å². The molecule has 3 heteroatoms. The zero-order valence-corrected chi connectivity index (χ0v) is 9.93. The molecule has 1 aliphatic heterocycles. The fraction of sp³-hybridized carbons (Fsp3) is 0.583. The van der Waals surface area contributed by atoms with Crippen molar-refractivity contribution in [3.63, 3.8) is 0 Å². The van der Waals surface area contributed by atoms with E-state index in [4.69, 9.17) is 0 Å². The minimum atomic E-state index is 0.233. The summed E-state index contributed by atoms with van der Waals surface area (Å²) in [5, 5.41) is 1.97. The summed E-state index contributed by atoms with van der Waals surface area (Å²) in [6, 6.07) is 4.34. The van der Waals surface area contributed by atoms with Crippen molar-refractivity contribution in [1.82, 2.24) is 4.90 Å². The highest BCUT2D eigenvalue weighted by Crippen LogP contribution is 2.23. The first-order valence-corrected chi connectivity index (χ1v) is 6.55. The number of likely N-dealkylation sites (tertiary alicyclic amines) is 1. The Morgan fingerprint density at radius 1 is 1.60 bits per heavy atom. The second-order valence-corrected chi connectivity index (χ2v) is 4.98. The summed E-state index contributed by atoms with van der Waals surface area (Å²) < 4.78 is 0. The summed E-state index contributed by atoms with van der Waals surface area (Å²) in [6.45, 7) is 3.11. The molecule has 0 saturated carbocycles. The van der Waals surface area contributed by atoms with Gasteiger partial charge in [-0.25, -0.2) is 0 Å². The van der Waals surface area contributed by atoms with E-state index in [1.54, 1.807) is 11.3 Å². The van der Waals surface area contributed by atoms with Crippen molar-refractivity contribution in [1.29, 1.82) is 0 Å². The van der Waals surface area contributed by atoms with Crippen LogP contribution < -0.4 is 0 Å². The lowest BCUT2D eigenvalue weighted by molar-refractivity contribution is 0.0613. The number of hydrogen-bond acceptors (Lipinski definition) is 2. The van der Waals surface area contributed by atoms with Crippen molar-refractivity contribution in [2.45, 2.75) is 38.6 Å². The van der Waals surface area contributed by atoms with E-state index in [1.807, 2.05) is 17.5 Å². The van der Waals surface area contributed by atoms with E-state index in [1.165, 1.54) is 12.8 Å². The van der Waals surface area contributed by atoms with Crippen molar-refractivity contribution < 1.29 is 4.79 Å². The van der Waals surface area contributed by atoms with Crippen LogP contribution in [0.15, 0.2) is 17.5 Å². The third-order valence-corrected chi connectivity index (χ3v) is 3.95. The van der Waals surface area contributed by atoms with E-state index in [-0.39, 0.29) is 5.91 Å². The van der Waals surface area contributed by atoms with E-state index in [0.29, 0.717) is 6.04 Å². The van der Waals surface area contributed by atoms with Crippen molar-refractivity contribution in [2.24, 2.45) is 0 Å². The molecule has 0 bridgehead atoms. The van der Waals surface area contributed by atoms with Gasteiger partial charge in [-0.2, -0.15) is 0 Å². The van der Waals surface area contributed by atoms with Crippen molar-refractivity contribution in [3.05, 3.63) is 22.4 Å². The topological polar surface area (TPSA) is 20.3 Å². The minimum Gasteiger partial charge on any atom is -0.335 e. The predicted molar refractivity (Wildman–Crippen MR) is 63.3 cm³/mol. The van der Waals surface area contributed by atoms with Gasteiger partial charge in [0.1, 0.15) is 0 Å². The third-order valence-electron chi connectivity index (χ3n) is 3.09. The van der Waals surface area contributed by atoms with Crippen LogP contribution in [0, 0.1) is 0 Å². The summed E-state index contributed by atoms with van der Waals surface area (Å²) >= 11 is 1.55. The number of piperidine rings is 1. The molecule has 1 aromatic heterocycles. The van der Waals surface area contributed by atoms with Gasteiger partial charge >= 0.3 is 0 Å². The molecule has 1 unspecified atom stereocenters. The minimum absolute atomic E-state index is 0.233. The van der Waals surface area contributed by atoms with Gasteiger partial charge in [-0.15, -0.1) is 11.3 Å². The third kappa shape index (κ3) is 2.23. The molecule has 2 heterocycles. The molecular formula is C12H17NOS. The summed E-state index contributed by atoms with van der Waals surface area (Å²) in [6.07, 6.45) is 4.69. The van der Waals surface area contributed by atoms with Gasteiger partial charge in [0.05, 0.1) is 4.88 Å². The molecule has 1 aromatic rings. The van der Waals surface area contributed by atoms with E-state index in [0.717, 1.165) is 24.3 Å². The van der Waals surface area contributed by atoms with Gasteiger partial charge in [0.15, 0.2) is 0 Å². The lowest BCUT2D eigenvalue weighted by Crippen LogP contribution is -2.43. The molecule has 82 valence electrons. The average molecular weight is 223 g/mol. The van der Waals surface area contributed by atoms with Crippen molar-refractivity contribution in [3.8, 4) is 0 Å². The zero-order valence-electron chi connectivity index (χ0n) is 9.11. The number of amides is 1. The second kappa shape index (κ2) is 4.79. The van der Waals surface area contributed by atoms with Crippen LogP contribution in [0.3, 0.4) is 0 Å². The number of rotatable bonds is 2. The summed E-state index contributed by atoms with van der Waals surface area (Å²) in [5.74, 6) is 0.233. The molecule has 1 fully saturated rings. The van der Waals surface area contributed by atoms with Gasteiger partial charge < -0.3 is 4.90 Å². The Morgan fingerprint density at radius 3 is 3.13 bits per heavy atom. The summed E-state index contributed by atoms with van der Waals surface area (Å²) in [7, 11) is 0. The predicted octanol–water partition coefficient (Wildman–Crippen LogP) is 3.15. The van der Waals surface area contributed by atoms with Crippen LogP contribution in [0.25, 0.3) is 0 Å². The maximum Gasteiger partial charge on any atom is 0.264 e. The normalized spacial score (nSPS) is 21.7. The maximum atomic E-state index is 12.2. The van der Waals surface area contributed by atoms with Gasteiger partial charge in [0.25, 0.3) is 5.91 Å². The van der Waals surface area contributed by atoms with Gasteiger partial charge in [0, 0.05) is 12.6 Å². The molecule has 0 aromatic carbocycles. The number of thiophene rings is 1. The van der Waals surface area contributed by atoms with Gasteiger partial charge in [0.2, 0.25) is 0 Å². The molecule has 1 atom stereocenters. The fourth-order valence-corrected chi connectivity index (χ4v) is 2.91. The molecule has 0 N–H and O–H groups in total. The Bertz CT molecular complexity index is 320. The van der Waals surface area contributed by atoms with Crippen LogP contribution in [0.1, 0.15) is 42.3 Å². The Kier molecular flexibility index (Phi) is 3.41. The lowest BCUT2D eigenvalue weighted by atomic mass is 10.00. The molecule has 0 aliphatic carbocycles. The quantitative estimate of drug-likeness (QED) is 0.754. The molecule has 2 rings (SSSR count). The summed E-state index contributed by atoms with van der Waals surface area (Å²) in [5.41, 5.74) is 0. The highest BCUT2D eigenvalue weighted by atomic mass is 32.1. The Balaban J connectivity index is 2.11. The van der Waals surface area contributed by atoms with E-state index in [9.17, 15) is 4.79 Å². The zero-order chi connectivity index (χ0) is 10.7. The van der Waals surface area contributed by atoms with Crippen LogP contribution in [-0.4, -0.2) is 23.4 Å². The molecule has 0 radical (unpaired) electrons. The monoisotopic (exact) mass is 223 g/mol. The molecule has 0 spiro atoms. The van der Waals surface area contributed by atoms with Crippen LogP contribution >= 0.6 is 11.3 Å². The SMILES string of the molecule is CCC1CCCCN1C(=O)c1cccs1. The van der Waals surface area contributed by atoms with E-state index < -0.39 is 0 Å². The van der Waals surface area contributed by atoms with Crippen LogP contribution in [-0.2, 0) is 0 Å². The van der Waals surface area contributed by atoms with Crippen LogP contribution in [0.2, 0.25) is 0 Å². The highest BCUT2D eigenvalue weighted by Gasteiger charge is 2.26. The van der Waals surface area contributed by atoms with Gasteiger partial charge in [-0.3, -0.25) is 4.79 Å². The van der Waals surface area contributed by atoms with Crippen molar-refractivity contribution >= 4 is 17.2 Å². The number of carbonyl (C=O) groups excluding carboxylic acids is 1. The average Bonchev–Trinajstić information content (AvgIpc) is 2.81. The van der Waals surface area contributed by atoms with E-state index >= 15 is 0 Å². The second-order valence-electron chi connectivity index (χ2n) is 4.03. The first kappa shape index (κ1) is 10.7. The highest BCUT2D eigenvalue weighted by molar-refractivity contribution is 7.12. The van der Waals surface area contributed by atoms with Crippen LogP contribution in [0.5, 0.6) is 0 Å². The molecule has 1 aliphatic rings. The number of hydrogen-bond donors (Lipinski definition) is 0. The lowest BCUT2D eigenvalue weighted by Gasteiger charge is -2.34. The Morgan fingerprint density at radius 2 is 2.47 bits per heavy atom. The molecule has 2 nitrogen and oxygen atoms in total. The van der Waals surface area contributed by atoms with E-state index in [2.05, 4.69) is 11.8 Å². The first-order chi connectivity index (χ1) is 7.33. The van der Waals surface area contributed by atoms with Gasteiger partial charge in [-0.05, 0) is 37.1 Å². The van der Waals surface area contributed by atoms with Crippen LogP contribution in [0.4, 0.5) is 0 Å². The summed E-state index contributed by atoms with van der Waals surface area (Å²) in [4.78, 5) is 15.1. The number of nitrogens with zero attached hydrogens (tertiary/aromatic N) is 1. The Labute approximate surface area is 94.9 Å². The molecule has 1 saturated heterocycles. The first-order valence-electron chi connectivity index (χ1n) is 5.67. The largest absolute Gasteiger partial charge is 0.335 e. The smallest absolute Gasteiger partial charge is 0.264 e. The van der Waals surface area contributed by atoms with Crippen molar-refractivity contribution in [2.75, 3.05) is 6.54 Å². The maximum absolute atomic E-state index is 12.2.